The van der Waals surface area contributed by atoms with Crippen LogP contribution in [0.25, 0.3) is 0 Å². The molecule has 0 spiro atoms. The first-order chi connectivity index (χ1) is 11.1. The molecule has 5 nitrogen and oxygen atoms in total. The van der Waals surface area contributed by atoms with E-state index in [0.29, 0.717) is 11.1 Å². The van der Waals surface area contributed by atoms with Crippen LogP contribution >= 0.6 is 0 Å². The van der Waals surface area contributed by atoms with E-state index in [2.05, 4.69) is 6.92 Å². The standard InChI is InChI=1S/C18H24O5/c1-2-3-4-5-6-9-12-22-17(21)18(16(19)20)15-11-8-7-10-14(15)13-23-18/h7-8,10-11H,2-6,9,12-13H2,1H3,(H,19,20). The summed E-state index contributed by atoms with van der Waals surface area (Å²) >= 11 is 0. The second-order valence-corrected chi connectivity index (χ2v) is 5.84. The third-order valence-corrected chi connectivity index (χ3v) is 4.16. The summed E-state index contributed by atoms with van der Waals surface area (Å²) in [5.41, 5.74) is -0.925. The molecule has 0 amide bonds. The van der Waals surface area contributed by atoms with Crippen molar-refractivity contribution >= 4 is 11.9 Å². The number of ether oxygens (including phenoxy) is 2. The number of fused-ring (bicyclic) bond motifs is 1. The average Bonchev–Trinajstić information content (AvgIpc) is 2.94. The first-order valence-electron chi connectivity index (χ1n) is 8.26. The summed E-state index contributed by atoms with van der Waals surface area (Å²) in [4.78, 5) is 24.1. The van der Waals surface area contributed by atoms with Gasteiger partial charge in [-0.25, -0.2) is 9.59 Å². The Bertz CT molecular complexity index is 554. The lowest BCUT2D eigenvalue weighted by molar-refractivity contribution is -0.187. The topological polar surface area (TPSA) is 72.8 Å². The van der Waals surface area contributed by atoms with E-state index >= 15 is 0 Å². The summed E-state index contributed by atoms with van der Waals surface area (Å²) in [6, 6.07) is 6.87. The van der Waals surface area contributed by atoms with Gasteiger partial charge >= 0.3 is 11.9 Å². The molecule has 5 heteroatoms. The van der Waals surface area contributed by atoms with Crippen LogP contribution in [0.4, 0.5) is 0 Å². The molecule has 0 radical (unpaired) electrons. The van der Waals surface area contributed by atoms with Gasteiger partial charge in [0.15, 0.2) is 0 Å². The van der Waals surface area contributed by atoms with E-state index < -0.39 is 17.5 Å². The molecule has 2 rings (SSSR count). The number of unbranched alkanes of at least 4 members (excludes halogenated alkanes) is 5. The molecule has 1 aromatic rings. The number of carboxylic acids is 1. The molecule has 0 aromatic heterocycles. The van der Waals surface area contributed by atoms with Gasteiger partial charge in [-0.05, 0) is 12.0 Å². The summed E-state index contributed by atoms with van der Waals surface area (Å²) in [6.45, 7) is 2.49. The van der Waals surface area contributed by atoms with Crippen LogP contribution < -0.4 is 0 Å². The second-order valence-electron chi connectivity index (χ2n) is 5.84. The number of rotatable bonds is 9. The van der Waals surface area contributed by atoms with E-state index in [1.54, 1.807) is 24.3 Å². The Morgan fingerprint density at radius 3 is 2.61 bits per heavy atom. The Hall–Kier alpha value is -1.88. The molecule has 0 saturated heterocycles. The third kappa shape index (κ3) is 3.72. The van der Waals surface area contributed by atoms with Gasteiger partial charge in [0.1, 0.15) is 0 Å². The molecule has 1 unspecified atom stereocenters. The van der Waals surface area contributed by atoms with Crippen LogP contribution in [-0.4, -0.2) is 23.7 Å². The molecule has 1 heterocycles. The zero-order valence-corrected chi connectivity index (χ0v) is 13.5. The van der Waals surface area contributed by atoms with Crippen molar-refractivity contribution in [3.8, 4) is 0 Å². The minimum absolute atomic E-state index is 0.106. The number of esters is 1. The summed E-state index contributed by atoms with van der Waals surface area (Å²) < 4.78 is 10.6. The highest BCUT2D eigenvalue weighted by Gasteiger charge is 2.55. The zero-order valence-electron chi connectivity index (χ0n) is 13.5. The van der Waals surface area contributed by atoms with E-state index in [1.165, 1.54) is 19.3 Å². The van der Waals surface area contributed by atoms with Gasteiger partial charge in [-0.15, -0.1) is 0 Å². The fraction of sp³-hybridized carbons (Fsp3) is 0.556. The minimum Gasteiger partial charge on any atom is -0.478 e. The van der Waals surface area contributed by atoms with Crippen molar-refractivity contribution in [2.24, 2.45) is 0 Å². The predicted molar refractivity (Wildman–Crippen MR) is 84.9 cm³/mol. The van der Waals surface area contributed by atoms with Crippen LogP contribution in [0.15, 0.2) is 24.3 Å². The number of carbonyl (C=O) groups excluding carboxylic acids is 1. The van der Waals surface area contributed by atoms with E-state index in [1.807, 2.05) is 0 Å². The van der Waals surface area contributed by atoms with Crippen LogP contribution in [0, 0.1) is 0 Å². The number of benzene rings is 1. The first kappa shape index (κ1) is 17.5. The SMILES string of the molecule is CCCCCCCCOC(=O)C1(C(=O)O)OCc2ccccc21. The van der Waals surface area contributed by atoms with E-state index in [9.17, 15) is 14.7 Å². The number of hydrogen-bond acceptors (Lipinski definition) is 4. The Kier molecular flexibility index (Phi) is 6.16. The Labute approximate surface area is 136 Å². The summed E-state index contributed by atoms with van der Waals surface area (Å²) in [5.74, 6) is -2.15. The van der Waals surface area contributed by atoms with Crippen LogP contribution in [-0.2, 0) is 31.3 Å². The van der Waals surface area contributed by atoms with Crippen LogP contribution in [0.5, 0.6) is 0 Å². The van der Waals surface area contributed by atoms with Gasteiger partial charge in [0, 0.05) is 5.56 Å². The highest BCUT2D eigenvalue weighted by atomic mass is 16.6. The van der Waals surface area contributed by atoms with Gasteiger partial charge in [-0.2, -0.15) is 0 Å². The van der Waals surface area contributed by atoms with Crippen molar-refractivity contribution < 1.29 is 24.2 Å². The van der Waals surface area contributed by atoms with E-state index in [-0.39, 0.29) is 13.2 Å². The normalized spacial score (nSPS) is 19.3. The summed E-state index contributed by atoms with van der Waals surface area (Å²) in [5, 5.41) is 9.55. The molecule has 126 valence electrons. The predicted octanol–water partition coefficient (Wildman–Crippen LogP) is 3.40. The zero-order chi connectivity index (χ0) is 16.7. The molecule has 0 bridgehead atoms. The number of carbonyl (C=O) groups is 2. The maximum absolute atomic E-state index is 12.4. The molecule has 0 saturated carbocycles. The molecule has 0 aliphatic carbocycles. The second kappa shape index (κ2) is 8.11. The van der Waals surface area contributed by atoms with E-state index in [4.69, 9.17) is 9.47 Å². The number of hydrogen-bond donors (Lipinski definition) is 1. The largest absolute Gasteiger partial charge is 0.478 e. The maximum atomic E-state index is 12.4. The van der Waals surface area contributed by atoms with Crippen molar-refractivity contribution in [3.05, 3.63) is 35.4 Å². The van der Waals surface area contributed by atoms with Gasteiger partial charge in [0.2, 0.25) is 0 Å². The van der Waals surface area contributed by atoms with Crippen molar-refractivity contribution in [2.75, 3.05) is 6.61 Å². The molecule has 1 aromatic carbocycles. The molecule has 23 heavy (non-hydrogen) atoms. The molecular weight excluding hydrogens is 296 g/mol. The quantitative estimate of drug-likeness (QED) is 0.429. The summed E-state index contributed by atoms with van der Waals surface area (Å²) in [6.07, 6.45) is 6.41. The van der Waals surface area contributed by atoms with Crippen molar-refractivity contribution in [2.45, 2.75) is 57.7 Å². The minimum atomic E-state index is -2.02. The van der Waals surface area contributed by atoms with Crippen molar-refractivity contribution in [3.63, 3.8) is 0 Å². The average molecular weight is 320 g/mol. The lowest BCUT2D eigenvalue weighted by Gasteiger charge is -2.22. The van der Waals surface area contributed by atoms with Gasteiger partial charge in [-0.3, -0.25) is 0 Å². The van der Waals surface area contributed by atoms with Crippen LogP contribution in [0.3, 0.4) is 0 Å². The lowest BCUT2D eigenvalue weighted by Crippen LogP contribution is -2.44. The van der Waals surface area contributed by atoms with Crippen LogP contribution in [0.1, 0.15) is 56.6 Å². The smallest absolute Gasteiger partial charge is 0.355 e. The summed E-state index contributed by atoms with van der Waals surface area (Å²) in [7, 11) is 0. The Morgan fingerprint density at radius 2 is 1.87 bits per heavy atom. The third-order valence-electron chi connectivity index (χ3n) is 4.16. The molecule has 1 aliphatic rings. The van der Waals surface area contributed by atoms with E-state index in [0.717, 1.165) is 19.3 Å². The Balaban J connectivity index is 1.93. The van der Waals surface area contributed by atoms with Crippen molar-refractivity contribution in [1.29, 1.82) is 0 Å². The molecule has 1 aliphatic heterocycles. The first-order valence-corrected chi connectivity index (χ1v) is 8.26. The van der Waals surface area contributed by atoms with Gasteiger partial charge < -0.3 is 14.6 Å². The highest BCUT2D eigenvalue weighted by Crippen LogP contribution is 2.38. The lowest BCUT2D eigenvalue weighted by atomic mass is 9.92. The monoisotopic (exact) mass is 320 g/mol. The Morgan fingerprint density at radius 1 is 1.17 bits per heavy atom. The van der Waals surface area contributed by atoms with Crippen molar-refractivity contribution in [1.82, 2.24) is 0 Å². The highest BCUT2D eigenvalue weighted by molar-refractivity contribution is 6.04. The molecule has 1 atom stereocenters. The van der Waals surface area contributed by atoms with Crippen LogP contribution in [0.2, 0.25) is 0 Å². The van der Waals surface area contributed by atoms with Gasteiger partial charge in [0.25, 0.3) is 5.60 Å². The van der Waals surface area contributed by atoms with Gasteiger partial charge in [0.05, 0.1) is 13.2 Å². The molecule has 1 N–H and O–H groups in total. The fourth-order valence-electron chi connectivity index (χ4n) is 2.84. The molecule has 0 fully saturated rings. The number of aliphatic carboxylic acids is 1. The van der Waals surface area contributed by atoms with Gasteiger partial charge in [-0.1, -0.05) is 63.3 Å². The number of carboxylic acid groups (broad SMARTS) is 1. The fourth-order valence-corrected chi connectivity index (χ4v) is 2.84. The molecular formula is C18H24O5. The maximum Gasteiger partial charge on any atom is 0.355 e.